The third kappa shape index (κ3) is 5.03. The molecule has 1 N–H and O–H groups in total. The lowest BCUT2D eigenvalue weighted by atomic mass is 10.2. The first-order valence-corrected chi connectivity index (χ1v) is 8.37. The number of nitrogens with one attached hydrogen (secondary N) is 1. The fraction of sp³-hybridized carbons (Fsp3) is 0.667. The molecule has 0 aliphatic carbocycles. The summed E-state index contributed by atoms with van der Waals surface area (Å²) in [5, 5.41) is 3.41. The molecule has 0 bridgehead atoms. The summed E-state index contributed by atoms with van der Waals surface area (Å²) in [5.74, 6) is 2.22. The minimum Gasteiger partial charge on any atom is -0.356 e. The molecule has 19 heavy (non-hydrogen) atoms. The summed E-state index contributed by atoms with van der Waals surface area (Å²) in [5.41, 5.74) is 2.52. The smallest absolute Gasteiger partial charge is 0.131 e. The Labute approximate surface area is 122 Å². The maximum Gasteiger partial charge on any atom is 0.131 e. The number of rotatable bonds is 8. The van der Waals surface area contributed by atoms with Crippen molar-refractivity contribution in [2.24, 2.45) is 0 Å². The molecule has 1 rings (SSSR count). The van der Waals surface area contributed by atoms with E-state index >= 15 is 0 Å². The summed E-state index contributed by atoms with van der Waals surface area (Å²) < 4.78 is 0. The molecule has 1 heterocycles. The summed E-state index contributed by atoms with van der Waals surface area (Å²) in [6, 6.07) is 2.75. The summed E-state index contributed by atoms with van der Waals surface area (Å²) in [4.78, 5) is 6.91. The van der Waals surface area contributed by atoms with Crippen molar-refractivity contribution < 1.29 is 0 Å². The zero-order valence-electron chi connectivity index (χ0n) is 12.9. The monoisotopic (exact) mass is 281 g/mol. The van der Waals surface area contributed by atoms with Gasteiger partial charge in [-0.25, -0.2) is 4.98 Å². The van der Waals surface area contributed by atoms with Gasteiger partial charge in [-0.1, -0.05) is 6.92 Å². The maximum absolute atomic E-state index is 4.64. The standard InChI is InChI=1S/C15H27N3S/c1-6-7-16-9-14-8-12(2)15(17-10-14)18(4)13(3)11-19-5/h8,10,13,16H,6-7,9,11H2,1-5H3. The van der Waals surface area contributed by atoms with E-state index < -0.39 is 0 Å². The van der Waals surface area contributed by atoms with Crippen molar-refractivity contribution in [2.75, 3.05) is 30.5 Å². The molecule has 0 aliphatic heterocycles. The maximum atomic E-state index is 4.64. The van der Waals surface area contributed by atoms with Crippen LogP contribution in [-0.2, 0) is 6.54 Å². The number of aromatic nitrogens is 1. The Morgan fingerprint density at radius 1 is 1.47 bits per heavy atom. The van der Waals surface area contributed by atoms with Crippen LogP contribution in [0.2, 0.25) is 0 Å². The second-order valence-corrected chi connectivity index (χ2v) is 5.99. The molecular formula is C15H27N3S. The normalized spacial score (nSPS) is 12.5. The Kier molecular flexibility index (Phi) is 7.24. The van der Waals surface area contributed by atoms with Crippen LogP contribution in [0.5, 0.6) is 0 Å². The third-order valence-corrected chi connectivity index (χ3v) is 4.08. The minimum atomic E-state index is 0.505. The van der Waals surface area contributed by atoms with E-state index in [1.807, 2.05) is 18.0 Å². The molecule has 4 heteroatoms. The molecule has 1 atom stereocenters. The van der Waals surface area contributed by atoms with E-state index in [4.69, 9.17) is 0 Å². The van der Waals surface area contributed by atoms with Crippen LogP contribution >= 0.6 is 11.8 Å². The van der Waals surface area contributed by atoms with Crippen LogP contribution in [0.25, 0.3) is 0 Å². The van der Waals surface area contributed by atoms with Crippen LogP contribution in [0.15, 0.2) is 12.3 Å². The summed E-state index contributed by atoms with van der Waals surface area (Å²) in [6.45, 7) is 8.54. The third-order valence-electron chi connectivity index (χ3n) is 3.27. The zero-order chi connectivity index (χ0) is 14.3. The number of aryl methyl sites for hydroxylation is 1. The Bertz CT molecular complexity index is 382. The molecule has 3 nitrogen and oxygen atoms in total. The number of hydrogen-bond acceptors (Lipinski definition) is 4. The van der Waals surface area contributed by atoms with Gasteiger partial charge in [0, 0.05) is 31.6 Å². The topological polar surface area (TPSA) is 28.2 Å². The molecule has 0 aliphatic rings. The van der Waals surface area contributed by atoms with Gasteiger partial charge in [0.15, 0.2) is 0 Å². The van der Waals surface area contributed by atoms with Crippen LogP contribution in [0.4, 0.5) is 5.82 Å². The van der Waals surface area contributed by atoms with Crippen LogP contribution < -0.4 is 10.2 Å². The average molecular weight is 281 g/mol. The summed E-state index contributed by atoms with van der Waals surface area (Å²) in [7, 11) is 2.13. The van der Waals surface area contributed by atoms with E-state index in [9.17, 15) is 0 Å². The Balaban J connectivity index is 2.70. The van der Waals surface area contributed by atoms with E-state index in [-0.39, 0.29) is 0 Å². The van der Waals surface area contributed by atoms with Crippen molar-refractivity contribution in [3.63, 3.8) is 0 Å². The predicted octanol–water partition coefficient (Wildman–Crippen LogP) is 3.08. The van der Waals surface area contributed by atoms with Crippen LogP contribution in [0, 0.1) is 6.92 Å². The highest BCUT2D eigenvalue weighted by Crippen LogP contribution is 2.19. The molecular weight excluding hydrogens is 254 g/mol. The van der Waals surface area contributed by atoms with Gasteiger partial charge in [0.05, 0.1) is 0 Å². The highest BCUT2D eigenvalue weighted by molar-refractivity contribution is 7.98. The molecule has 0 fully saturated rings. The first-order chi connectivity index (χ1) is 9.10. The van der Waals surface area contributed by atoms with Crippen molar-refractivity contribution in [1.29, 1.82) is 0 Å². The van der Waals surface area contributed by atoms with Gasteiger partial charge in [0.1, 0.15) is 5.82 Å². The highest BCUT2D eigenvalue weighted by Gasteiger charge is 2.13. The zero-order valence-corrected chi connectivity index (χ0v) is 13.7. The molecule has 0 radical (unpaired) electrons. The van der Waals surface area contributed by atoms with E-state index in [0.717, 1.165) is 24.7 Å². The van der Waals surface area contributed by atoms with Crippen molar-refractivity contribution in [1.82, 2.24) is 10.3 Å². The number of pyridine rings is 1. The molecule has 0 aromatic carbocycles. The molecule has 1 aromatic heterocycles. The number of anilines is 1. The van der Waals surface area contributed by atoms with Gasteiger partial charge in [-0.05, 0) is 50.3 Å². The van der Waals surface area contributed by atoms with E-state index in [1.165, 1.54) is 17.5 Å². The van der Waals surface area contributed by atoms with Crippen molar-refractivity contribution in [2.45, 2.75) is 39.8 Å². The van der Waals surface area contributed by atoms with Gasteiger partial charge in [0.25, 0.3) is 0 Å². The second kappa shape index (κ2) is 8.43. The SMILES string of the molecule is CCCNCc1cnc(N(C)C(C)CSC)c(C)c1. The van der Waals surface area contributed by atoms with Crippen molar-refractivity contribution in [3.05, 3.63) is 23.4 Å². The quantitative estimate of drug-likeness (QED) is 0.741. The first-order valence-electron chi connectivity index (χ1n) is 6.98. The molecule has 1 unspecified atom stereocenters. The molecule has 0 saturated heterocycles. The average Bonchev–Trinajstić information content (AvgIpc) is 2.39. The number of hydrogen-bond donors (Lipinski definition) is 1. The lowest BCUT2D eigenvalue weighted by Crippen LogP contribution is -2.32. The van der Waals surface area contributed by atoms with E-state index in [1.54, 1.807) is 0 Å². The van der Waals surface area contributed by atoms with Crippen LogP contribution in [0.3, 0.4) is 0 Å². The van der Waals surface area contributed by atoms with Gasteiger partial charge < -0.3 is 10.2 Å². The van der Waals surface area contributed by atoms with Crippen molar-refractivity contribution in [3.8, 4) is 0 Å². The van der Waals surface area contributed by atoms with Crippen molar-refractivity contribution >= 4 is 17.6 Å². The van der Waals surface area contributed by atoms with Gasteiger partial charge in [0.2, 0.25) is 0 Å². The molecule has 1 aromatic rings. The van der Waals surface area contributed by atoms with E-state index in [0.29, 0.717) is 6.04 Å². The fourth-order valence-electron chi connectivity index (χ4n) is 2.06. The lowest BCUT2D eigenvalue weighted by Gasteiger charge is -2.27. The van der Waals surface area contributed by atoms with Gasteiger partial charge >= 0.3 is 0 Å². The predicted molar refractivity (Wildman–Crippen MR) is 87.2 cm³/mol. The molecule has 108 valence electrons. The second-order valence-electron chi connectivity index (χ2n) is 5.08. The Morgan fingerprint density at radius 3 is 2.79 bits per heavy atom. The van der Waals surface area contributed by atoms with Gasteiger partial charge in [-0.3, -0.25) is 0 Å². The lowest BCUT2D eigenvalue weighted by molar-refractivity contribution is 0.672. The number of nitrogens with zero attached hydrogens (tertiary/aromatic N) is 2. The van der Waals surface area contributed by atoms with Gasteiger partial charge in [-0.15, -0.1) is 0 Å². The Morgan fingerprint density at radius 2 is 2.21 bits per heavy atom. The largest absolute Gasteiger partial charge is 0.356 e. The number of thioether (sulfide) groups is 1. The summed E-state index contributed by atoms with van der Waals surface area (Å²) in [6.07, 6.45) is 5.31. The van der Waals surface area contributed by atoms with Crippen LogP contribution in [0.1, 0.15) is 31.4 Å². The molecule has 0 spiro atoms. The molecule has 0 amide bonds. The Hall–Kier alpha value is -0.740. The van der Waals surface area contributed by atoms with Crippen LogP contribution in [-0.4, -0.2) is 36.6 Å². The van der Waals surface area contributed by atoms with E-state index in [2.05, 4.69) is 55.3 Å². The molecule has 0 saturated carbocycles. The minimum absolute atomic E-state index is 0.505. The van der Waals surface area contributed by atoms with Gasteiger partial charge in [-0.2, -0.15) is 11.8 Å². The highest BCUT2D eigenvalue weighted by atomic mass is 32.2. The first kappa shape index (κ1) is 16.3. The summed E-state index contributed by atoms with van der Waals surface area (Å²) >= 11 is 1.88. The fourth-order valence-corrected chi connectivity index (χ4v) is 2.77.